The quantitative estimate of drug-likeness (QED) is 0.744. The molecule has 0 saturated heterocycles. The first kappa shape index (κ1) is 15.2. The number of unbranched alkanes of at least 4 members (excludes halogenated alkanes) is 1. The van der Waals surface area contributed by atoms with Gasteiger partial charge in [-0.25, -0.2) is 4.39 Å². The van der Waals surface area contributed by atoms with E-state index in [1.54, 1.807) is 6.07 Å². The van der Waals surface area contributed by atoms with Crippen LogP contribution in [-0.2, 0) is 0 Å². The maximum absolute atomic E-state index is 13.7. The number of halogens is 1. The highest BCUT2D eigenvalue weighted by Gasteiger charge is 2.16. The van der Waals surface area contributed by atoms with Crippen LogP contribution in [0.3, 0.4) is 0 Å². The molecule has 0 heterocycles. The second-order valence-corrected chi connectivity index (χ2v) is 5.28. The van der Waals surface area contributed by atoms with E-state index in [2.05, 4.69) is 13.8 Å². The van der Waals surface area contributed by atoms with Crippen LogP contribution in [0.1, 0.15) is 63.1 Å². The summed E-state index contributed by atoms with van der Waals surface area (Å²) in [7, 11) is 0. The molecule has 2 N–H and O–H groups in total. The molecule has 2 atom stereocenters. The Kier molecular flexibility index (Phi) is 6.34. The summed E-state index contributed by atoms with van der Waals surface area (Å²) in [5, 5.41) is 0. The maximum Gasteiger partial charge on any atom is 0.127 e. The van der Waals surface area contributed by atoms with Crippen LogP contribution in [-0.4, -0.2) is 0 Å². The summed E-state index contributed by atoms with van der Waals surface area (Å²) in [5.41, 5.74) is 7.92. The summed E-state index contributed by atoms with van der Waals surface area (Å²) in [6.07, 6.45) is 5.66. The maximum atomic E-state index is 13.7. The summed E-state index contributed by atoms with van der Waals surface area (Å²) in [5.74, 6) is 0.443. The van der Waals surface area contributed by atoms with Crippen LogP contribution in [0.4, 0.5) is 4.39 Å². The SMILES string of the molecule is CCCCC(CC)CC(N)c1cc(C)ccc1F. The smallest absolute Gasteiger partial charge is 0.127 e. The molecule has 1 rings (SSSR count). The standard InChI is InChI=1S/C16H26FN/c1-4-6-7-13(5-2)11-16(18)14-10-12(3)8-9-15(14)17/h8-10,13,16H,4-7,11,18H2,1-3H3. The highest BCUT2D eigenvalue weighted by molar-refractivity contribution is 5.26. The number of nitrogens with two attached hydrogens (primary N) is 1. The largest absolute Gasteiger partial charge is 0.324 e. The van der Waals surface area contributed by atoms with Gasteiger partial charge in [0.2, 0.25) is 0 Å². The van der Waals surface area contributed by atoms with Gasteiger partial charge in [0.15, 0.2) is 0 Å². The van der Waals surface area contributed by atoms with Crippen LogP contribution in [0, 0.1) is 18.7 Å². The van der Waals surface area contributed by atoms with Crippen molar-refractivity contribution in [2.24, 2.45) is 11.7 Å². The molecular weight excluding hydrogens is 225 g/mol. The number of aryl methyl sites for hydroxylation is 1. The van der Waals surface area contributed by atoms with Gasteiger partial charge >= 0.3 is 0 Å². The Morgan fingerprint density at radius 1 is 1.28 bits per heavy atom. The first-order valence-electron chi connectivity index (χ1n) is 7.10. The Bertz CT molecular complexity index is 362. The Morgan fingerprint density at radius 2 is 2.00 bits per heavy atom. The monoisotopic (exact) mass is 251 g/mol. The average molecular weight is 251 g/mol. The van der Waals surface area contributed by atoms with Crippen LogP contribution < -0.4 is 5.73 Å². The van der Waals surface area contributed by atoms with E-state index >= 15 is 0 Å². The fraction of sp³-hybridized carbons (Fsp3) is 0.625. The lowest BCUT2D eigenvalue weighted by molar-refractivity contribution is 0.383. The van der Waals surface area contributed by atoms with Crippen molar-refractivity contribution in [3.8, 4) is 0 Å². The predicted octanol–water partition coefficient (Wildman–Crippen LogP) is 4.74. The molecule has 0 fully saturated rings. The van der Waals surface area contributed by atoms with Crippen molar-refractivity contribution >= 4 is 0 Å². The normalized spacial score (nSPS) is 14.5. The third-order valence-electron chi connectivity index (χ3n) is 3.68. The number of rotatable bonds is 7. The molecule has 0 radical (unpaired) electrons. The van der Waals surface area contributed by atoms with E-state index in [0.29, 0.717) is 11.5 Å². The minimum absolute atomic E-state index is 0.168. The molecule has 0 aromatic heterocycles. The van der Waals surface area contributed by atoms with E-state index in [4.69, 9.17) is 5.73 Å². The molecule has 2 unspecified atom stereocenters. The summed E-state index contributed by atoms with van der Waals surface area (Å²) in [4.78, 5) is 0. The molecule has 0 aliphatic rings. The van der Waals surface area contributed by atoms with Crippen molar-refractivity contribution in [1.29, 1.82) is 0 Å². The second-order valence-electron chi connectivity index (χ2n) is 5.28. The van der Waals surface area contributed by atoms with Crippen molar-refractivity contribution in [3.63, 3.8) is 0 Å². The number of hydrogen-bond acceptors (Lipinski definition) is 1. The highest BCUT2D eigenvalue weighted by Crippen LogP contribution is 2.27. The van der Waals surface area contributed by atoms with Gasteiger partial charge in [0.05, 0.1) is 0 Å². The second kappa shape index (κ2) is 7.52. The van der Waals surface area contributed by atoms with Gasteiger partial charge in [0, 0.05) is 11.6 Å². The van der Waals surface area contributed by atoms with Crippen LogP contribution in [0.15, 0.2) is 18.2 Å². The predicted molar refractivity (Wildman–Crippen MR) is 76.0 cm³/mol. The van der Waals surface area contributed by atoms with Crippen LogP contribution in [0.5, 0.6) is 0 Å². The molecule has 1 aromatic carbocycles. The topological polar surface area (TPSA) is 26.0 Å². The van der Waals surface area contributed by atoms with Gasteiger partial charge in [-0.3, -0.25) is 0 Å². The average Bonchev–Trinajstić information content (AvgIpc) is 2.37. The number of hydrogen-bond donors (Lipinski definition) is 1. The van der Waals surface area contributed by atoms with Crippen molar-refractivity contribution in [3.05, 3.63) is 35.1 Å². The molecule has 102 valence electrons. The van der Waals surface area contributed by atoms with Crippen LogP contribution in [0.2, 0.25) is 0 Å². The van der Waals surface area contributed by atoms with E-state index in [-0.39, 0.29) is 11.9 Å². The van der Waals surface area contributed by atoms with Crippen molar-refractivity contribution in [2.75, 3.05) is 0 Å². The van der Waals surface area contributed by atoms with Gasteiger partial charge in [0.25, 0.3) is 0 Å². The molecule has 0 bridgehead atoms. The van der Waals surface area contributed by atoms with Gasteiger partial charge in [-0.05, 0) is 25.3 Å². The van der Waals surface area contributed by atoms with Gasteiger partial charge in [-0.2, -0.15) is 0 Å². The Morgan fingerprint density at radius 3 is 2.61 bits per heavy atom. The van der Waals surface area contributed by atoms with Gasteiger partial charge in [0.1, 0.15) is 5.82 Å². The van der Waals surface area contributed by atoms with Crippen LogP contribution in [0.25, 0.3) is 0 Å². The van der Waals surface area contributed by atoms with Gasteiger partial charge in [-0.1, -0.05) is 57.2 Å². The molecule has 0 aliphatic heterocycles. The highest BCUT2D eigenvalue weighted by atomic mass is 19.1. The zero-order valence-electron chi connectivity index (χ0n) is 11.9. The zero-order chi connectivity index (χ0) is 13.5. The van der Waals surface area contributed by atoms with Crippen molar-refractivity contribution < 1.29 is 4.39 Å². The number of benzene rings is 1. The van der Waals surface area contributed by atoms with E-state index in [1.807, 2.05) is 13.0 Å². The van der Waals surface area contributed by atoms with Crippen molar-refractivity contribution in [1.82, 2.24) is 0 Å². The Labute approximate surface area is 111 Å². The van der Waals surface area contributed by atoms with Gasteiger partial charge in [-0.15, -0.1) is 0 Å². The fourth-order valence-corrected chi connectivity index (χ4v) is 2.41. The van der Waals surface area contributed by atoms with E-state index in [1.165, 1.54) is 25.3 Å². The lowest BCUT2D eigenvalue weighted by Crippen LogP contribution is -2.17. The van der Waals surface area contributed by atoms with Crippen molar-refractivity contribution in [2.45, 2.75) is 58.9 Å². The zero-order valence-corrected chi connectivity index (χ0v) is 11.9. The molecule has 18 heavy (non-hydrogen) atoms. The lowest BCUT2D eigenvalue weighted by atomic mass is 9.89. The molecule has 0 aliphatic carbocycles. The minimum atomic E-state index is -0.174. The van der Waals surface area contributed by atoms with E-state index in [9.17, 15) is 4.39 Å². The molecule has 0 amide bonds. The molecule has 0 saturated carbocycles. The van der Waals surface area contributed by atoms with Crippen LogP contribution >= 0.6 is 0 Å². The Balaban J connectivity index is 2.67. The first-order chi connectivity index (χ1) is 8.58. The molecular formula is C16H26FN. The summed E-state index contributed by atoms with van der Waals surface area (Å²) in [6.45, 7) is 6.37. The van der Waals surface area contributed by atoms with Gasteiger partial charge < -0.3 is 5.73 Å². The Hall–Kier alpha value is -0.890. The third kappa shape index (κ3) is 4.41. The van der Waals surface area contributed by atoms with E-state index in [0.717, 1.165) is 18.4 Å². The third-order valence-corrected chi connectivity index (χ3v) is 3.68. The summed E-state index contributed by atoms with van der Waals surface area (Å²) >= 11 is 0. The first-order valence-corrected chi connectivity index (χ1v) is 7.10. The van der Waals surface area contributed by atoms with E-state index < -0.39 is 0 Å². The molecule has 0 spiro atoms. The molecule has 2 heteroatoms. The summed E-state index contributed by atoms with van der Waals surface area (Å²) < 4.78 is 13.7. The summed E-state index contributed by atoms with van der Waals surface area (Å²) in [6, 6.07) is 5.02. The molecule has 1 nitrogen and oxygen atoms in total. The molecule has 1 aromatic rings. The fourth-order valence-electron chi connectivity index (χ4n) is 2.41. The lowest BCUT2D eigenvalue weighted by Gasteiger charge is -2.20. The minimum Gasteiger partial charge on any atom is -0.324 e.